The second-order valence-electron chi connectivity index (χ2n) is 3.24. The van der Waals surface area contributed by atoms with Crippen LogP contribution < -0.4 is 0 Å². The lowest BCUT2D eigenvalue weighted by molar-refractivity contribution is 0.553. The number of rotatable bonds is 1. The van der Waals surface area contributed by atoms with Crippen LogP contribution in [0.4, 0.5) is 0 Å². The van der Waals surface area contributed by atoms with Gasteiger partial charge in [0, 0.05) is 10.0 Å². The van der Waals surface area contributed by atoms with Crippen LogP contribution >= 0.6 is 15.9 Å². The molecule has 2 aromatic rings. The predicted octanol–water partition coefficient (Wildman–Crippen LogP) is 3.89. The maximum Gasteiger partial charge on any atom is 0.211 e. The zero-order valence-corrected chi connectivity index (χ0v) is 9.71. The predicted molar refractivity (Wildman–Crippen MR) is 61.3 cm³/mol. The minimum atomic E-state index is 0.358. The van der Waals surface area contributed by atoms with E-state index < -0.39 is 0 Å². The first-order valence-corrected chi connectivity index (χ1v) is 5.26. The largest absolute Gasteiger partial charge is 0.453 e. The summed E-state index contributed by atoms with van der Waals surface area (Å²) in [5.41, 5.74) is 2.98. The van der Waals surface area contributed by atoms with Crippen LogP contribution in [0.15, 0.2) is 39.4 Å². The fraction of sp³-hybridized carbons (Fsp3) is 0.0833. The first-order valence-electron chi connectivity index (χ1n) is 4.46. The van der Waals surface area contributed by atoms with Crippen molar-refractivity contribution in [1.82, 2.24) is 0 Å². The standard InChI is InChI=1S/C12H8BrNO/c1-8-6-9(2-3-11(8)13)10-4-5-15-12(10)7-14/h2-6H,1H3. The van der Waals surface area contributed by atoms with E-state index in [2.05, 4.69) is 15.9 Å². The first-order chi connectivity index (χ1) is 7.22. The van der Waals surface area contributed by atoms with Crippen LogP contribution in [-0.4, -0.2) is 0 Å². The summed E-state index contributed by atoms with van der Waals surface area (Å²) in [6, 6.07) is 9.79. The third kappa shape index (κ3) is 1.81. The Morgan fingerprint density at radius 3 is 2.80 bits per heavy atom. The molecule has 1 heterocycles. The average molecular weight is 262 g/mol. The molecule has 0 atom stereocenters. The van der Waals surface area contributed by atoms with Gasteiger partial charge in [-0.15, -0.1) is 0 Å². The molecule has 0 fully saturated rings. The Labute approximate surface area is 96.3 Å². The van der Waals surface area contributed by atoms with Gasteiger partial charge in [-0.25, -0.2) is 0 Å². The number of nitrogens with zero attached hydrogens (tertiary/aromatic N) is 1. The zero-order valence-electron chi connectivity index (χ0n) is 8.12. The molecule has 1 aromatic heterocycles. The SMILES string of the molecule is Cc1cc(-c2ccoc2C#N)ccc1Br. The molecule has 3 heteroatoms. The normalized spacial score (nSPS) is 9.93. The molecule has 0 saturated carbocycles. The summed E-state index contributed by atoms with van der Waals surface area (Å²) in [6.45, 7) is 2.01. The van der Waals surface area contributed by atoms with Gasteiger partial charge in [0.1, 0.15) is 6.07 Å². The van der Waals surface area contributed by atoms with E-state index in [0.29, 0.717) is 5.76 Å². The van der Waals surface area contributed by atoms with Gasteiger partial charge < -0.3 is 4.42 Å². The smallest absolute Gasteiger partial charge is 0.211 e. The Balaban J connectivity index is 2.56. The lowest BCUT2D eigenvalue weighted by Gasteiger charge is -2.02. The summed E-state index contributed by atoms with van der Waals surface area (Å²) in [7, 11) is 0. The number of aryl methyl sites for hydroxylation is 1. The number of halogens is 1. The number of hydrogen-bond donors (Lipinski definition) is 0. The third-order valence-electron chi connectivity index (χ3n) is 2.24. The van der Waals surface area contributed by atoms with E-state index in [1.165, 1.54) is 6.26 Å². The Morgan fingerprint density at radius 1 is 1.33 bits per heavy atom. The van der Waals surface area contributed by atoms with Crippen LogP contribution in [0.3, 0.4) is 0 Å². The molecule has 0 bridgehead atoms. The van der Waals surface area contributed by atoms with E-state index in [9.17, 15) is 0 Å². The van der Waals surface area contributed by atoms with Crippen molar-refractivity contribution >= 4 is 15.9 Å². The molecule has 0 unspecified atom stereocenters. The summed E-state index contributed by atoms with van der Waals surface area (Å²) in [6.07, 6.45) is 1.53. The minimum absolute atomic E-state index is 0.358. The van der Waals surface area contributed by atoms with Gasteiger partial charge in [0.25, 0.3) is 0 Å². The molecule has 0 spiro atoms. The van der Waals surface area contributed by atoms with Gasteiger partial charge in [0.2, 0.25) is 5.76 Å². The molecule has 2 nitrogen and oxygen atoms in total. The quantitative estimate of drug-likeness (QED) is 0.781. The molecule has 0 aliphatic rings. The van der Waals surface area contributed by atoms with Crippen LogP contribution in [0.2, 0.25) is 0 Å². The Bertz CT molecular complexity index is 537. The molecule has 15 heavy (non-hydrogen) atoms. The highest BCUT2D eigenvalue weighted by Gasteiger charge is 2.08. The van der Waals surface area contributed by atoms with Crippen LogP contribution in [0.5, 0.6) is 0 Å². The van der Waals surface area contributed by atoms with Crippen molar-refractivity contribution in [3.8, 4) is 17.2 Å². The van der Waals surface area contributed by atoms with Crippen molar-refractivity contribution < 1.29 is 4.42 Å². The van der Waals surface area contributed by atoms with E-state index in [-0.39, 0.29) is 0 Å². The van der Waals surface area contributed by atoms with E-state index in [1.54, 1.807) is 6.07 Å². The zero-order chi connectivity index (χ0) is 10.8. The monoisotopic (exact) mass is 261 g/mol. The minimum Gasteiger partial charge on any atom is -0.453 e. The number of hydrogen-bond acceptors (Lipinski definition) is 2. The summed E-state index contributed by atoms with van der Waals surface area (Å²) in [4.78, 5) is 0. The van der Waals surface area contributed by atoms with Crippen LogP contribution in [0.25, 0.3) is 11.1 Å². The van der Waals surface area contributed by atoms with Crippen molar-refractivity contribution in [1.29, 1.82) is 5.26 Å². The summed E-state index contributed by atoms with van der Waals surface area (Å²) in [5, 5.41) is 8.84. The van der Waals surface area contributed by atoms with Gasteiger partial charge in [0.05, 0.1) is 6.26 Å². The van der Waals surface area contributed by atoms with Gasteiger partial charge >= 0.3 is 0 Å². The molecule has 2 rings (SSSR count). The Hall–Kier alpha value is -1.53. The number of furan rings is 1. The highest BCUT2D eigenvalue weighted by atomic mass is 79.9. The Morgan fingerprint density at radius 2 is 2.13 bits per heavy atom. The van der Waals surface area contributed by atoms with Crippen LogP contribution in [0.1, 0.15) is 11.3 Å². The van der Waals surface area contributed by atoms with E-state index in [1.807, 2.05) is 31.2 Å². The van der Waals surface area contributed by atoms with Gasteiger partial charge in [-0.3, -0.25) is 0 Å². The van der Waals surface area contributed by atoms with Gasteiger partial charge in [-0.2, -0.15) is 5.26 Å². The summed E-state index contributed by atoms with van der Waals surface area (Å²) < 4.78 is 6.13. The molecule has 1 aromatic carbocycles. The third-order valence-corrected chi connectivity index (χ3v) is 3.13. The van der Waals surface area contributed by atoms with Crippen LogP contribution in [-0.2, 0) is 0 Å². The maximum atomic E-state index is 8.84. The Kier molecular flexibility index (Phi) is 2.61. The fourth-order valence-electron chi connectivity index (χ4n) is 1.44. The van der Waals surface area contributed by atoms with Crippen molar-refractivity contribution in [2.45, 2.75) is 6.92 Å². The molecule has 0 radical (unpaired) electrons. The average Bonchev–Trinajstić information content (AvgIpc) is 2.70. The summed E-state index contributed by atoms with van der Waals surface area (Å²) in [5.74, 6) is 0.358. The van der Waals surface area contributed by atoms with Crippen molar-refractivity contribution in [2.75, 3.05) is 0 Å². The van der Waals surface area contributed by atoms with Crippen molar-refractivity contribution in [3.63, 3.8) is 0 Å². The fourth-order valence-corrected chi connectivity index (χ4v) is 1.68. The van der Waals surface area contributed by atoms with Crippen LogP contribution in [0, 0.1) is 18.3 Å². The van der Waals surface area contributed by atoms with Gasteiger partial charge in [-0.1, -0.05) is 28.1 Å². The maximum absolute atomic E-state index is 8.84. The molecule has 0 aliphatic heterocycles. The van der Waals surface area contributed by atoms with Gasteiger partial charge in [-0.05, 0) is 30.2 Å². The molecule has 0 N–H and O–H groups in total. The van der Waals surface area contributed by atoms with E-state index in [0.717, 1.165) is 21.2 Å². The van der Waals surface area contributed by atoms with Crippen molar-refractivity contribution in [3.05, 3.63) is 46.3 Å². The number of nitriles is 1. The van der Waals surface area contributed by atoms with Crippen molar-refractivity contribution in [2.24, 2.45) is 0 Å². The molecule has 74 valence electrons. The second kappa shape index (κ2) is 3.92. The first kappa shape index (κ1) is 10.0. The lowest BCUT2D eigenvalue weighted by atomic mass is 10.0. The second-order valence-corrected chi connectivity index (χ2v) is 4.09. The highest BCUT2D eigenvalue weighted by molar-refractivity contribution is 9.10. The molecular formula is C12H8BrNO. The lowest BCUT2D eigenvalue weighted by Crippen LogP contribution is -1.81. The van der Waals surface area contributed by atoms with Gasteiger partial charge in [0.15, 0.2) is 0 Å². The molecule has 0 aliphatic carbocycles. The molecule has 0 saturated heterocycles. The number of benzene rings is 1. The molecular weight excluding hydrogens is 254 g/mol. The highest BCUT2D eigenvalue weighted by Crippen LogP contribution is 2.27. The van der Waals surface area contributed by atoms with E-state index in [4.69, 9.17) is 9.68 Å². The molecule has 0 amide bonds. The van der Waals surface area contributed by atoms with E-state index >= 15 is 0 Å². The topological polar surface area (TPSA) is 36.9 Å². The summed E-state index contributed by atoms with van der Waals surface area (Å²) >= 11 is 3.44.